The molecule has 0 nitrogen and oxygen atoms in total. The minimum atomic E-state index is 1.47. The second kappa shape index (κ2) is 5.15. The molecule has 0 heterocycles. The molecule has 0 aliphatic rings. The Morgan fingerprint density at radius 3 is 1.25 bits per heavy atom. The Morgan fingerprint density at radius 1 is 0.917 bits per heavy atom. The van der Waals surface area contributed by atoms with E-state index in [1.165, 1.54) is 27.8 Å². The molecule has 0 fully saturated rings. The first-order valence-electron chi connectivity index (χ1n) is 3.88. The zero-order chi connectivity index (χ0) is 9.89. The van der Waals surface area contributed by atoms with Gasteiger partial charge < -0.3 is 0 Å². The van der Waals surface area contributed by atoms with Crippen LogP contribution in [0.1, 0.15) is 27.8 Å². The van der Waals surface area contributed by atoms with Crippen molar-refractivity contribution in [3.05, 3.63) is 27.8 Å². The molecule has 12 heavy (non-hydrogen) atoms. The van der Waals surface area contributed by atoms with Gasteiger partial charge in [-0.05, 0) is 0 Å². The molecule has 0 aliphatic carbocycles. The average molecular weight is 274 g/mol. The Kier molecular flexibility index (Phi) is 5.29. The van der Waals surface area contributed by atoms with Crippen LogP contribution in [0.15, 0.2) is 0 Å². The van der Waals surface area contributed by atoms with Crippen LogP contribution in [0.3, 0.4) is 0 Å². The quantitative estimate of drug-likeness (QED) is 0.631. The molecule has 0 aliphatic heterocycles. The minimum absolute atomic E-state index is 1.47. The fraction of sp³-hybridized carbons (Fsp3) is 0.500. The monoisotopic (exact) mass is 273 g/mol. The molecule has 1 aromatic rings. The first-order chi connectivity index (χ1) is 5.55. The summed E-state index contributed by atoms with van der Waals surface area (Å²) in [5, 5.41) is 0. The van der Waals surface area contributed by atoms with E-state index in [1.807, 2.05) is 0 Å². The molecule has 0 saturated heterocycles. The van der Waals surface area contributed by atoms with Crippen LogP contribution in [0.4, 0.5) is 0 Å². The van der Waals surface area contributed by atoms with Gasteiger partial charge in [0.1, 0.15) is 0 Å². The molecule has 71 valence electrons. The topological polar surface area (TPSA) is 0 Å². The Hall–Kier alpha value is 0.336. The van der Waals surface area contributed by atoms with Gasteiger partial charge in [0.05, 0.1) is 0 Å². The van der Waals surface area contributed by atoms with E-state index in [1.54, 1.807) is 0 Å². The summed E-state index contributed by atoms with van der Waals surface area (Å²) in [6, 6.07) is 0. The predicted molar refractivity (Wildman–Crippen MR) is 54.6 cm³/mol. The van der Waals surface area contributed by atoms with Gasteiger partial charge in [-0.3, -0.25) is 0 Å². The number of halogens is 1. The van der Waals surface area contributed by atoms with Crippen LogP contribution in [-0.2, 0) is 13.9 Å². The summed E-state index contributed by atoms with van der Waals surface area (Å²) in [7, 11) is 0. The van der Waals surface area contributed by atoms with Crippen molar-refractivity contribution in [3.63, 3.8) is 0 Å². The second-order valence-electron chi connectivity index (χ2n) is 3.12. The molecule has 0 saturated carbocycles. The van der Waals surface area contributed by atoms with Crippen molar-refractivity contribution < 1.29 is 13.9 Å². The van der Waals surface area contributed by atoms with Crippen molar-refractivity contribution in [2.45, 2.75) is 34.6 Å². The maximum atomic E-state index is 3.38. The standard InChI is InChI=1S/C10H15.BrH.Co/c1-6-7(2)9(4)10(5)8(6)3;;/h1-5H3;1H;/q-1;;+2/p-1. The van der Waals surface area contributed by atoms with Crippen molar-refractivity contribution >= 4 is 14.2 Å². The molecule has 0 unspecified atom stereocenters. The fourth-order valence-corrected chi connectivity index (χ4v) is 1.41. The molecular weight excluding hydrogens is 259 g/mol. The molecule has 0 amide bonds. The van der Waals surface area contributed by atoms with Crippen LogP contribution in [0, 0.1) is 34.6 Å². The normalized spacial score (nSPS) is 9.25. The third-order valence-electron chi connectivity index (χ3n) is 2.81. The molecule has 0 radical (unpaired) electrons. The molecule has 0 atom stereocenters. The van der Waals surface area contributed by atoms with Gasteiger partial charge in [-0.15, -0.1) is 0 Å². The Bertz CT molecular complexity index is 181. The van der Waals surface area contributed by atoms with E-state index in [0.29, 0.717) is 0 Å². The van der Waals surface area contributed by atoms with Gasteiger partial charge in [-0.2, -0.15) is 27.8 Å². The molecule has 1 aromatic carbocycles. The van der Waals surface area contributed by atoms with Crippen LogP contribution in [0.25, 0.3) is 0 Å². The van der Waals surface area contributed by atoms with Crippen molar-refractivity contribution in [2.75, 3.05) is 0 Å². The molecule has 0 bridgehead atoms. The zero-order valence-electron chi connectivity index (χ0n) is 8.21. The fourth-order valence-electron chi connectivity index (χ4n) is 1.41. The Morgan fingerprint density at radius 2 is 1.17 bits per heavy atom. The van der Waals surface area contributed by atoms with Gasteiger partial charge >= 0.3 is 28.1 Å². The number of rotatable bonds is 0. The predicted octanol–water partition coefficient (Wildman–Crippen LogP) is 3.79. The molecule has 0 spiro atoms. The van der Waals surface area contributed by atoms with E-state index in [4.69, 9.17) is 0 Å². The van der Waals surface area contributed by atoms with E-state index in [-0.39, 0.29) is 0 Å². The van der Waals surface area contributed by atoms with E-state index < -0.39 is 0 Å². The summed E-state index contributed by atoms with van der Waals surface area (Å²) >= 11 is 6.00. The van der Waals surface area contributed by atoms with Crippen LogP contribution in [-0.4, -0.2) is 0 Å². The summed E-state index contributed by atoms with van der Waals surface area (Å²) < 4.78 is 0. The van der Waals surface area contributed by atoms with Gasteiger partial charge in [0.2, 0.25) is 0 Å². The summed E-state index contributed by atoms with van der Waals surface area (Å²) in [4.78, 5) is 0. The maximum absolute atomic E-state index is 3.38. The van der Waals surface area contributed by atoms with Crippen LogP contribution in [0.2, 0.25) is 0 Å². The molecule has 0 N–H and O–H groups in total. The van der Waals surface area contributed by atoms with Crippen molar-refractivity contribution in [1.82, 2.24) is 0 Å². The van der Waals surface area contributed by atoms with E-state index in [0.717, 1.165) is 0 Å². The molecule has 2 heteroatoms. The third kappa shape index (κ3) is 2.18. The number of hydrogen-bond acceptors (Lipinski definition) is 0. The third-order valence-corrected chi connectivity index (χ3v) is 2.81. The molecule has 1 rings (SSSR count). The summed E-state index contributed by atoms with van der Waals surface area (Å²) in [5.41, 5.74) is 7.34. The van der Waals surface area contributed by atoms with Crippen LogP contribution >= 0.6 is 14.2 Å². The van der Waals surface area contributed by atoms with Gasteiger partial charge in [-0.1, -0.05) is 34.6 Å². The molecule has 0 aromatic heterocycles. The van der Waals surface area contributed by atoms with Crippen LogP contribution in [0.5, 0.6) is 0 Å². The van der Waals surface area contributed by atoms with E-state index in [9.17, 15) is 0 Å². The summed E-state index contributed by atoms with van der Waals surface area (Å²) in [5.74, 6) is 0. The Labute approximate surface area is 90.4 Å². The molecular formula is C10H15BrCo. The van der Waals surface area contributed by atoms with Crippen molar-refractivity contribution in [3.8, 4) is 0 Å². The Balaban J connectivity index is 0.000000561. The SMILES string of the molecule is Cc1c(C)c(C)[c-](C)c1C.[Co+][Br]. The first kappa shape index (κ1) is 12.3. The van der Waals surface area contributed by atoms with Crippen molar-refractivity contribution in [2.24, 2.45) is 0 Å². The van der Waals surface area contributed by atoms with Crippen molar-refractivity contribution in [1.29, 1.82) is 0 Å². The van der Waals surface area contributed by atoms with Gasteiger partial charge in [0.25, 0.3) is 0 Å². The average Bonchev–Trinajstić information content (AvgIpc) is 2.27. The zero-order valence-corrected chi connectivity index (χ0v) is 10.8. The van der Waals surface area contributed by atoms with Gasteiger partial charge in [0, 0.05) is 0 Å². The van der Waals surface area contributed by atoms with Gasteiger partial charge in [-0.25, -0.2) is 0 Å². The summed E-state index contributed by atoms with van der Waals surface area (Å²) in [6.07, 6.45) is 0. The first-order valence-corrected chi connectivity index (χ1v) is 6.45. The second-order valence-corrected chi connectivity index (χ2v) is 3.12. The number of hydrogen-bond donors (Lipinski definition) is 0. The van der Waals surface area contributed by atoms with Gasteiger partial charge in [0.15, 0.2) is 0 Å². The van der Waals surface area contributed by atoms with Crippen LogP contribution < -0.4 is 0 Å². The van der Waals surface area contributed by atoms with E-state index in [2.05, 4.69) is 62.7 Å². The summed E-state index contributed by atoms with van der Waals surface area (Å²) in [6.45, 7) is 11.0. The van der Waals surface area contributed by atoms with E-state index >= 15 is 0 Å².